The van der Waals surface area contributed by atoms with E-state index in [1.807, 2.05) is 0 Å². The van der Waals surface area contributed by atoms with Gasteiger partial charge in [-0.1, -0.05) is 0 Å². The number of aliphatic carboxylic acids is 4. The Kier molecular flexibility index (Phi) is 13.7. The zero-order valence-electron chi connectivity index (χ0n) is 16.7. The molecule has 0 fully saturated rings. The molecule has 2 rings (SSSR count). The molecule has 0 N–H and O–H groups in total. The van der Waals surface area contributed by atoms with Gasteiger partial charge in [-0.15, -0.1) is 0 Å². The average Bonchev–Trinajstić information content (AvgIpc) is 2.69. The topological polar surface area (TPSA) is 161 Å². The van der Waals surface area contributed by atoms with E-state index in [0.29, 0.717) is 12.2 Å². The normalized spacial score (nSPS) is 10.5. The Morgan fingerprint density at radius 2 is 0.903 bits per heavy atom. The quantitative estimate of drug-likeness (QED) is 0.272. The van der Waals surface area contributed by atoms with E-state index < -0.39 is 45.0 Å². The van der Waals surface area contributed by atoms with Crippen molar-refractivity contribution in [2.24, 2.45) is 0 Å². The molecular formula is C22H18O8Sn. The number of carbonyl (C=O) groups excluding carboxylic acids is 4. The van der Waals surface area contributed by atoms with Crippen LogP contribution in [0.5, 0.6) is 0 Å². The molecule has 31 heavy (non-hydrogen) atoms. The SMILES string of the molecule is C/C(=C/C(=O)[O-])C(=O)[O-].C/C(=C/C(=O)[O-])C(=O)[O-].c1cc[c]([Sn+4][c]2ccccc2)cc1. The predicted octanol–water partition coefficient (Wildman–Crippen LogP) is -3.79. The number of rotatable bonds is 6. The van der Waals surface area contributed by atoms with Crippen LogP contribution in [0.15, 0.2) is 84.0 Å². The molecular weight excluding hydrogens is 511 g/mol. The van der Waals surface area contributed by atoms with Crippen LogP contribution in [0, 0.1) is 0 Å². The van der Waals surface area contributed by atoms with E-state index in [0.717, 1.165) is 13.8 Å². The monoisotopic (exact) mass is 530 g/mol. The third-order valence-electron chi connectivity index (χ3n) is 3.15. The van der Waals surface area contributed by atoms with E-state index in [-0.39, 0.29) is 11.1 Å². The summed E-state index contributed by atoms with van der Waals surface area (Å²) in [7, 11) is 0. The first kappa shape index (κ1) is 27.6. The van der Waals surface area contributed by atoms with Crippen molar-refractivity contribution in [3.05, 3.63) is 84.0 Å². The van der Waals surface area contributed by atoms with E-state index >= 15 is 0 Å². The predicted molar refractivity (Wildman–Crippen MR) is 105 cm³/mol. The summed E-state index contributed by atoms with van der Waals surface area (Å²) in [5.74, 6) is -6.06. The molecule has 0 atom stereocenters. The number of carboxylic acid groups (broad SMARTS) is 4. The zero-order valence-corrected chi connectivity index (χ0v) is 19.5. The van der Waals surface area contributed by atoms with E-state index in [2.05, 4.69) is 60.7 Å². The van der Waals surface area contributed by atoms with Crippen LogP contribution in [-0.4, -0.2) is 45.0 Å². The summed E-state index contributed by atoms with van der Waals surface area (Å²) in [5.41, 5.74) is -0.704. The molecule has 0 aliphatic rings. The fraction of sp³-hybridized carbons (Fsp3) is 0.0909. The summed E-state index contributed by atoms with van der Waals surface area (Å²) >= 11 is -0.517. The van der Waals surface area contributed by atoms with Gasteiger partial charge in [-0.05, 0) is 37.1 Å². The fourth-order valence-electron chi connectivity index (χ4n) is 1.68. The van der Waals surface area contributed by atoms with Crippen LogP contribution >= 0.6 is 0 Å². The van der Waals surface area contributed by atoms with Gasteiger partial charge in [0.15, 0.2) is 0 Å². The molecule has 2 aromatic carbocycles. The van der Waals surface area contributed by atoms with E-state index in [1.165, 1.54) is 7.16 Å². The van der Waals surface area contributed by atoms with Crippen molar-refractivity contribution in [1.29, 1.82) is 0 Å². The summed E-state index contributed by atoms with van der Waals surface area (Å²) < 4.78 is 3.08. The Balaban J connectivity index is 0.000000452. The van der Waals surface area contributed by atoms with Crippen molar-refractivity contribution in [3.63, 3.8) is 0 Å². The van der Waals surface area contributed by atoms with Gasteiger partial charge in [0.05, 0.1) is 23.9 Å². The number of benzene rings is 2. The first-order chi connectivity index (χ1) is 14.5. The van der Waals surface area contributed by atoms with Crippen molar-refractivity contribution < 1.29 is 39.6 Å². The summed E-state index contributed by atoms with van der Waals surface area (Å²) in [6, 6.07) is 21.6. The van der Waals surface area contributed by atoms with Gasteiger partial charge in [0.1, 0.15) is 0 Å². The zero-order chi connectivity index (χ0) is 23.8. The van der Waals surface area contributed by atoms with Crippen LogP contribution < -0.4 is 27.6 Å². The van der Waals surface area contributed by atoms with Crippen LogP contribution in [-0.2, 0) is 19.2 Å². The molecule has 0 aliphatic carbocycles. The molecule has 9 heteroatoms. The first-order valence-corrected chi connectivity index (χ1v) is 11.5. The van der Waals surface area contributed by atoms with E-state index in [1.54, 1.807) is 0 Å². The van der Waals surface area contributed by atoms with Crippen molar-refractivity contribution in [1.82, 2.24) is 0 Å². The minimum absolute atomic E-state index is 0.352. The Bertz CT molecular complexity index is 857. The second kappa shape index (κ2) is 15.4. The molecule has 8 nitrogen and oxygen atoms in total. The first-order valence-electron chi connectivity index (χ1n) is 8.61. The summed E-state index contributed by atoms with van der Waals surface area (Å²) in [6.45, 7) is 2.23. The van der Waals surface area contributed by atoms with Crippen LogP contribution in [0.4, 0.5) is 0 Å². The van der Waals surface area contributed by atoms with Crippen LogP contribution in [0.1, 0.15) is 13.8 Å². The molecule has 0 heterocycles. The van der Waals surface area contributed by atoms with E-state index in [9.17, 15) is 39.6 Å². The Morgan fingerprint density at radius 3 is 1.10 bits per heavy atom. The maximum atomic E-state index is 9.76. The van der Waals surface area contributed by atoms with Gasteiger partial charge in [-0.2, -0.15) is 0 Å². The van der Waals surface area contributed by atoms with Gasteiger partial charge < -0.3 is 39.6 Å². The van der Waals surface area contributed by atoms with Gasteiger partial charge in [0, 0.05) is 0 Å². The number of hydrogen-bond donors (Lipinski definition) is 0. The fourth-order valence-corrected chi connectivity index (χ4v) is 4.68. The Morgan fingerprint density at radius 1 is 0.613 bits per heavy atom. The van der Waals surface area contributed by atoms with Gasteiger partial charge in [-0.25, -0.2) is 0 Å². The second-order valence-electron chi connectivity index (χ2n) is 5.72. The second-order valence-corrected chi connectivity index (χ2v) is 9.73. The Hall–Kier alpha value is -3.40. The summed E-state index contributed by atoms with van der Waals surface area (Å²) in [6.07, 6.45) is 0.935. The summed E-state index contributed by atoms with van der Waals surface area (Å²) in [4.78, 5) is 38.8. The van der Waals surface area contributed by atoms with Crippen molar-refractivity contribution in [2.45, 2.75) is 13.8 Å². The van der Waals surface area contributed by atoms with Crippen molar-refractivity contribution in [2.75, 3.05) is 0 Å². The molecule has 2 aromatic rings. The minimum atomic E-state index is -1.53. The average molecular weight is 529 g/mol. The van der Waals surface area contributed by atoms with Gasteiger partial charge in [-0.3, -0.25) is 0 Å². The van der Waals surface area contributed by atoms with Crippen LogP contribution in [0.3, 0.4) is 0 Å². The molecule has 0 aromatic heterocycles. The standard InChI is InChI=1S/2C6H5.2C5H6O4.Sn/c2*1-2-4-6-5-3-1;2*1-3(5(8)9)2-4(6)7;/h2*1-5H;2*2H,1H3,(H,6,7)(H,8,9);/q;;;;+4/p-4/b;;2*3-2-;. The number of carbonyl (C=O) groups is 4. The van der Waals surface area contributed by atoms with Crippen LogP contribution in [0.25, 0.3) is 0 Å². The maximum absolute atomic E-state index is 9.76. The molecule has 0 saturated carbocycles. The summed E-state index contributed by atoms with van der Waals surface area (Å²) in [5, 5.41) is 38.8. The molecule has 0 bridgehead atoms. The van der Waals surface area contributed by atoms with E-state index in [4.69, 9.17) is 0 Å². The van der Waals surface area contributed by atoms with Gasteiger partial charge in [0.2, 0.25) is 0 Å². The molecule has 0 amide bonds. The molecule has 6 radical (unpaired) electrons. The molecule has 158 valence electrons. The third kappa shape index (κ3) is 15.1. The van der Waals surface area contributed by atoms with Crippen molar-refractivity contribution in [3.8, 4) is 0 Å². The molecule has 0 unspecified atom stereocenters. The van der Waals surface area contributed by atoms with Crippen molar-refractivity contribution >= 4 is 52.2 Å². The molecule has 0 spiro atoms. The third-order valence-corrected chi connectivity index (χ3v) is 6.70. The molecule has 0 saturated heterocycles. The van der Waals surface area contributed by atoms with Gasteiger partial charge >= 0.3 is 89.0 Å². The van der Waals surface area contributed by atoms with Gasteiger partial charge in [0.25, 0.3) is 0 Å². The van der Waals surface area contributed by atoms with Crippen LogP contribution in [0.2, 0.25) is 0 Å². The number of hydrogen-bond acceptors (Lipinski definition) is 8. The number of carboxylic acids is 4. The Labute approximate surface area is 189 Å². The molecule has 0 aliphatic heterocycles.